The summed E-state index contributed by atoms with van der Waals surface area (Å²) < 4.78 is 66.4. The number of fused-ring (bicyclic) bond motifs is 1. The fourth-order valence-electron chi connectivity index (χ4n) is 3.80. The van der Waals surface area contributed by atoms with Gasteiger partial charge in [-0.25, -0.2) is 13.6 Å². The molecule has 0 aliphatic carbocycles. The van der Waals surface area contributed by atoms with Gasteiger partial charge in [-0.2, -0.15) is 13.2 Å². The number of anilines is 1. The molecule has 3 aromatic rings. The van der Waals surface area contributed by atoms with Crippen LogP contribution in [0, 0.1) is 11.6 Å². The van der Waals surface area contributed by atoms with Crippen LogP contribution in [-0.4, -0.2) is 17.5 Å². The number of carbonyl (C=O) groups is 1. The zero-order valence-corrected chi connectivity index (χ0v) is 16.1. The summed E-state index contributed by atoms with van der Waals surface area (Å²) in [6.45, 7) is 0.275. The van der Waals surface area contributed by atoms with Gasteiger partial charge in [-0.3, -0.25) is 0 Å². The quantitative estimate of drug-likeness (QED) is 0.483. The molecule has 160 valence electrons. The van der Waals surface area contributed by atoms with E-state index in [2.05, 4.69) is 5.32 Å². The van der Waals surface area contributed by atoms with Crippen molar-refractivity contribution in [2.45, 2.75) is 18.6 Å². The topological polar surface area (TPSA) is 32.3 Å². The highest BCUT2D eigenvalue weighted by molar-refractivity contribution is 5.90. The number of halogens is 5. The Balaban J connectivity index is 1.72. The summed E-state index contributed by atoms with van der Waals surface area (Å²) in [5, 5.41) is 2.67. The molecule has 1 aliphatic rings. The Morgan fingerprint density at radius 3 is 2.35 bits per heavy atom. The molecule has 1 N–H and O–H groups in total. The summed E-state index contributed by atoms with van der Waals surface area (Å²) in [5.41, 5.74) is 0.873. The molecule has 1 aliphatic heterocycles. The molecule has 0 unspecified atom stereocenters. The van der Waals surface area contributed by atoms with E-state index in [1.165, 1.54) is 35.2 Å². The maximum Gasteiger partial charge on any atom is 0.419 e. The summed E-state index contributed by atoms with van der Waals surface area (Å²) in [5.74, 6) is -1.85. The molecule has 3 aromatic carbocycles. The van der Waals surface area contributed by atoms with E-state index in [0.717, 1.165) is 11.6 Å². The van der Waals surface area contributed by atoms with Crippen LogP contribution in [0.5, 0.6) is 0 Å². The van der Waals surface area contributed by atoms with Crippen molar-refractivity contribution in [3.8, 4) is 0 Å². The zero-order valence-electron chi connectivity index (χ0n) is 16.1. The Bertz CT molecular complexity index is 1110. The minimum absolute atomic E-state index is 0.229. The number of nitrogens with zero attached hydrogens (tertiary/aromatic N) is 1. The molecule has 0 saturated heterocycles. The number of hydrogen-bond donors (Lipinski definition) is 1. The molecule has 0 bridgehead atoms. The average molecular weight is 432 g/mol. The van der Waals surface area contributed by atoms with Gasteiger partial charge in [-0.05, 0) is 59.5 Å². The summed E-state index contributed by atoms with van der Waals surface area (Å²) in [6.07, 6.45) is -4.28. The fraction of sp³-hybridized carbons (Fsp3) is 0.174. The highest BCUT2D eigenvalue weighted by atomic mass is 19.4. The molecular weight excluding hydrogens is 415 g/mol. The molecule has 1 atom stereocenters. The van der Waals surface area contributed by atoms with Gasteiger partial charge in [-0.15, -0.1) is 0 Å². The van der Waals surface area contributed by atoms with Crippen molar-refractivity contribution in [1.82, 2.24) is 4.90 Å². The highest BCUT2D eigenvalue weighted by Gasteiger charge is 2.36. The predicted octanol–water partition coefficient (Wildman–Crippen LogP) is 6.16. The molecule has 3 nitrogen and oxygen atoms in total. The maximum absolute atomic E-state index is 14.3. The van der Waals surface area contributed by atoms with Crippen LogP contribution < -0.4 is 5.32 Å². The van der Waals surface area contributed by atoms with Gasteiger partial charge in [0.1, 0.15) is 11.6 Å². The third-order valence-corrected chi connectivity index (χ3v) is 5.25. The van der Waals surface area contributed by atoms with Crippen molar-refractivity contribution < 1.29 is 26.7 Å². The Morgan fingerprint density at radius 1 is 0.968 bits per heavy atom. The number of carbonyl (C=O) groups excluding carboxylic acids is 1. The van der Waals surface area contributed by atoms with Crippen LogP contribution in [0.25, 0.3) is 0 Å². The molecular formula is C23H17F5N2O. The summed E-state index contributed by atoms with van der Waals surface area (Å²) >= 11 is 0. The molecule has 0 fully saturated rings. The first kappa shape index (κ1) is 20.8. The van der Waals surface area contributed by atoms with Gasteiger partial charge in [0, 0.05) is 12.2 Å². The zero-order chi connectivity index (χ0) is 22.2. The van der Waals surface area contributed by atoms with Crippen LogP contribution in [0.4, 0.5) is 32.4 Å². The SMILES string of the molecule is O=C(Nc1ccc(F)cc1)N1CCc2ccccc2[C@@H]1c1ccc(C(F)(F)F)c(F)c1. The van der Waals surface area contributed by atoms with E-state index in [1.807, 2.05) is 12.1 Å². The highest BCUT2D eigenvalue weighted by Crippen LogP contribution is 2.38. The van der Waals surface area contributed by atoms with Gasteiger partial charge >= 0.3 is 12.2 Å². The van der Waals surface area contributed by atoms with Crippen molar-refractivity contribution in [3.63, 3.8) is 0 Å². The first-order chi connectivity index (χ1) is 14.7. The monoisotopic (exact) mass is 432 g/mol. The number of alkyl halides is 3. The minimum atomic E-state index is -4.81. The largest absolute Gasteiger partial charge is 0.419 e. The van der Waals surface area contributed by atoms with Crippen LogP contribution in [0.2, 0.25) is 0 Å². The van der Waals surface area contributed by atoms with Gasteiger partial charge in [0.15, 0.2) is 0 Å². The molecule has 31 heavy (non-hydrogen) atoms. The summed E-state index contributed by atoms with van der Waals surface area (Å²) in [6, 6.07) is 13.8. The number of nitrogens with one attached hydrogen (secondary N) is 1. The van der Waals surface area contributed by atoms with Crippen LogP contribution in [0.15, 0.2) is 66.7 Å². The van der Waals surface area contributed by atoms with E-state index >= 15 is 0 Å². The van der Waals surface area contributed by atoms with Crippen LogP contribution in [0.1, 0.15) is 28.3 Å². The molecule has 0 saturated carbocycles. The van der Waals surface area contributed by atoms with Gasteiger partial charge in [0.25, 0.3) is 0 Å². The van der Waals surface area contributed by atoms with E-state index in [9.17, 15) is 26.7 Å². The van der Waals surface area contributed by atoms with E-state index in [0.29, 0.717) is 23.7 Å². The predicted molar refractivity (Wildman–Crippen MR) is 106 cm³/mol. The Hall–Kier alpha value is -3.42. The van der Waals surface area contributed by atoms with Gasteiger partial charge < -0.3 is 10.2 Å². The second-order valence-corrected chi connectivity index (χ2v) is 7.22. The molecule has 2 amide bonds. The molecule has 8 heteroatoms. The van der Waals surface area contributed by atoms with E-state index in [4.69, 9.17) is 0 Å². The van der Waals surface area contributed by atoms with Crippen molar-refractivity contribution in [3.05, 3.63) is 101 Å². The van der Waals surface area contributed by atoms with Crippen molar-refractivity contribution in [2.75, 3.05) is 11.9 Å². The van der Waals surface area contributed by atoms with Crippen molar-refractivity contribution in [2.24, 2.45) is 0 Å². The van der Waals surface area contributed by atoms with Crippen LogP contribution >= 0.6 is 0 Å². The average Bonchev–Trinajstić information content (AvgIpc) is 2.73. The fourth-order valence-corrected chi connectivity index (χ4v) is 3.80. The number of benzene rings is 3. The number of hydrogen-bond acceptors (Lipinski definition) is 1. The summed E-state index contributed by atoms with van der Waals surface area (Å²) in [4.78, 5) is 14.4. The molecule has 0 aromatic heterocycles. The van der Waals surface area contributed by atoms with Crippen LogP contribution in [0.3, 0.4) is 0 Å². The number of rotatable bonds is 2. The van der Waals surface area contributed by atoms with Crippen molar-refractivity contribution >= 4 is 11.7 Å². The first-order valence-corrected chi connectivity index (χ1v) is 9.51. The Kier molecular flexibility index (Phi) is 5.39. The number of amides is 2. The van der Waals surface area contributed by atoms with Gasteiger partial charge in [-0.1, -0.05) is 30.3 Å². The minimum Gasteiger partial charge on any atom is -0.313 e. The normalized spacial score (nSPS) is 16.0. The first-order valence-electron chi connectivity index (χ1n) is 9.51. The lowest BCUT2D eigenvalue weighted by Crippen LogP contribution is -2.43. The van der Waals surface area contributed by atoms with Gasteiger partial charge in [0.2, 0.25) is 0 Å². The third-order valence-electron chi connectivity index (χ3n) is 5.25. The Morgan fingerprint density at radius 2 is 1.68 bits per heavy atom. The lowest BCUT2D eigenvalue weighted by molar-refractivity contribution is -0.140. The maximum atomic E-state index is 14.3. The standard InChI is InChI=1S/C23H17F5N2O/c24-16-6-8-17(9-7-16)29-22(31)30-12-11-14-3-1-2-4-18(14)21(30)15-5-10-19(20(25)13-15)23(26,27)28/h1-10,13,21H,11-12H2,(H,29,31)/t21-/m0/s1. The summed E-state index contributed by atoms with van der Waals surface area (Å²) in [7, 11) is 0. The van der Waals surface area contributed by atoms with E-state index in [1.54, 1.807) is 12.1 Å². The van der Waals surface area contributed by atoms with E-state index < -0.39 is 35.4 Å². The molecule has 0 radical (unpaired) electrons. The Labute approximate surface area is 175 Å². The molecule has 4 rings (SSSR count). The van der Waals surface area contributed by atoms with Gasteiger partial charge in [0.05, 0.1) is 11.6 Å². The molecule has 0 spiro atoms. The third kappa shape index (κ3) is 4.23. The van der Waals surface area contributed by atoms with E-state index in [-0.39, 0.29) is 12.1 Å². The smallest absolute Gasteiger partial charge is 0.313 e. The second-order valence-electron chi connectivity index (χ2n) is 7.22. The molecule has 1 heterocycles. The number of urea groups is 1. The second kappa shape index (κ2) is 8.02. The lowest BCUT2D eigenvalue weighted by Gasteiger charge is -2.37. The van der Waals surface area contributed by atoms with Crippen LogP contribution in [-0.2, 0) is 12.6 Å². The van der Waals surface area contributed by atoms with Crippen molar-refractivity contribution in [1.29, 1.82) is 0 Å². The lowest BCUT2D eigenvalue weighted by atomic mass is 9.88.